The molecule has 0 atom stereocenters. The van der Waals surface area contributed by atoms with Gasteiger partial charge in [0, 0.05) is 38.9 Å². The molecule has 1 amide bonds. The zero-order chi connectivity index (χ0) is 19.2. The fraction of sp³-hybridized carbons (Fsp3) is 0.667. The zero-order valence-corrected chi connectivity index (χ0v) is 15.4. The first-order valence-electron chi connectivity index (χ1n) is 9.03. The molecule has 1 aliphatic heterocycles. The molecule has 1 fully saturated rings. The molecule has 146 valence electrons. The molecule has 2 heterocycles. The number of hydrogen-bond donors (Lipinski definition) is 1. The molecule has 1 aromatic rings. The molecule has 0 aromatic carbocycles. The normalized spacial score (nSPS) is 16.6. The van der Waals surface area contributed by atoms with Crippen LogP contribution < -0.4 is 10.2 Å². The van der Waals surface area contributed by atoms with Crippen LogP contribution in [0.4, 0.5) is 19.0 Å². The Bertz CT molecular complexity index is 575. The van der Waals surface area contributed by atoms with Gasteiger partial charge in [0.2, 0.25) is 5.91 Å². The Balaban J connectivity index is 1.83. The summed E-state index contributed by atoms with van der Waals surface area (Å²) in [5.74, 6) is 1.12. The quantitative estimate of drug-likeness (QED) is 0.834. The fourth-order valence-corrected chi connectivity index (χ4v) is 2.86. The predicted octanol–water partition coefficient (Wildman–Crippen LogP) is 2.77. The standard InChI is InChI=1S/C18H27F3N4O/c1-14(2)6-7-22-17(26)13-24-8-3-9-25(11-10-24)16-5-4-15(12-23-16)18(19,20)21/h4-5,12,14H,3,6-11,13H2,1-2H3,(H,22,26). The van der Waals surface area contributed by atoms with Crippen molar-refractivity contribution in [3.63, 3.8) is 0 Å². The summed E-state index contributed by atoms with van der Waals surface area (Å²) < 4.78 is 37.9. The van der Waals surface area contributed by atoms with Crippen molar-refractivity contribution in [1.82, 2.24) is 15.2 Å². The molecule has 0 radical (unpaired) electrons. The molecule has 0 aliphatic carbocycles. The molecule has 0 bridgehead atoms. The number of carbonyl (C=O) groups excluding carboxylic acids is 1. The molecule has 5 nitrogen and oxygen atoms in total. The summed E-state index contributed by atoms with van der Waals surface area (Å²) in [6.07, 6.45) is -1.70. The van der Waals surface area contributed by atoms with Gasteiger partial charge in [0.25, 0.3) is 0 Å². The van der Waals surface area contributed by atoms with E-state index in [-0.39, 0.29) is 5.91 Å². The fourth-order valence-electron chi connectivity index (χ4n) is 2.86. The van der Waals surface area contributed by atoms with Gasteiger partial charge >= 0.3 is 6.18 Å². The average molecular weight is 372 g/mol. The highest BCUT2D eigenvalue weighted by atomic mass is 19.4. The van der Waals surface area contributed by atoms with E-state index in [0.29, 0.717) is 44.5 Å². The number of nitrogens with zero attached hydrogens (tertiary/aromatic N) is 3. The highest BCUT2D eigenvalue weighted by Gasteiger charge is 2.31. The number of carbonyl (C=O) groups is 1. The maximum Gasteiger partial charge on any atom is 0.417 e. The molecule has 0 saturated carbocycles. The van der Waals surface area contributed by atoms with Gasteiger partial charge in [0.1, 0.15) is 5.82 Å². The van der Waals surface area contributed by atoms with Gasteiger partial charge in [-0.15, -0.1) is 0 Å². The predicted molar refractivity (Wildman–Crippen MR) is 95.0 cm³/mol. The molecule has 2 rings (SSSR count). The van der Waals surface area contributed by atoms with E-state index in [1.165, 1.54) is 6.07 Å². The van der Waals surface area contributed by atoms with Gasteiger partial charge in [-0.05, 0) is 30.9 Å². The van der Waals surface area contributed by atoms with E-state index in [0.717, 1.165) is 31.6 Å². The Labute approximate surface area is 152 Å². The number of aromatic nitrogens is 1. The summed E-state index contributed by atoms with van der Waals surface area (Å²) in [6, 6.07) is 2.48. The third-order valence-corrected chi connectivity index (χ3v) is 4.40. The van der Waals surface area contributed by atoms with Crippen LogP contribution in [0.25, 0.3) is 0 Å². The molecular weight excluding hydrogens is 345 g/mol. The molecular formula is C18H27F3N4O. The number of halogens is 3. The number of nitrogens with one attached hydrogen (secondary N) is 1. The lowest BCUT2D eigenvalue weighted by atomic mass is 10.1. The molecule has 1 N–H and O–H groups in total. The van der Waals surface area contributed by atoms with Crippen molar-refractivity contribution in [2.24, 2.45) is 5.92 Å². The second-order valence-electron chi connectivity index (χ2n) is 7.05. The van der Waals surface area contributed by atoms with Gasteiger partial charge in [0.05, 0.1) is 12.1 Å². The summed E-state index contributed by atoms with van der Waals surface area (Å²) in [6.45, 7) is 8.09. The molecule has 1 saturated heterocycles. The largest absolute Gasteiger partial charge is 0.417 e. The van der Waals surface area contributed by atoms with Crippen molar-refractivity contribution in [3.05, 3.63) is 23.9 Å². The van der Waals surface area contributed by atoms with Crippen molar-refractivity contribution < 1.29 is 18.0 Å². The summed E-state index contributed by atoms with van der Waals surface area (Å²) >= 11 is 0. The van der Waals surface area contributed by atoms with E-state index in [1.54, 1.807) is 0 Å². The average Bonchev–Trinajstić information content (AvgIpc) is 2.79. The van der Waals surface area contributed by atoms with Crippen molar-refractivity contribution in [3.8, 4) is 0 Å². The first kappa shape index (κ1) is 20.5. The Kier molecular flexibility index (Phi) is 7.25. The summed E-state index contributed by atoms with van der Waals surface area (Å²) in [5.41, 5.74) is -0.740. The van der Waals surface area contributed by atoms with Gasteiger partial charge in [0.15, 0.2) is 0 Å². The lowest BCUT2D eigenvalue weighted by Gasteiger charge is -2.23. The zero-order valence-electron chi connectivity index (χ0n) is 15.4. The summed E-state index contributed by atoms with van der Waals surface area (Å²) in [4.78, 5) is 20.0. The second-order valence-corrected chi connectivity index (χ2v) is 7.05. The second kappa shape index (κ2) is 9.21. The lowest BCUT2D eigenvalue weighted by molar-refractivity contribution is -0.137. The first-order chi connectivity index (χ1) is 12.3. The maximum absolute atomic E-state index is 12.6. The molecule has 0 unspecified atom stereocenters. The number of pyridine rings is 1. The Morgan fingerprint density at radius 1 is 1.23 bits per heavy atom. The van der Waals surface area contributed by atoms with Crippen LogP contribution in [-0.2, 0) is 11.0 Å². The van der Waals surface area contributed by atoms with Crippen LogP contribution in [0.2, 0.25) is 0 Å². The smallest absolute Gasteiger partial charge is 0.355 e. The number of anilines is 1. The third-order valence-electron chi connectivity index (χ3n) is 4.40. The van der Waals surface area contributed by atoms with E-state index >= 15 is 0 Å². The van der Waals surface area contributed by atoms with Crippen molar-refractivity contribution in [1.29, 1.82) is 0 Å². The van der Waals surface area contributed by atoms with E-state index in [2.05, 4.69) is 29.0 Å². The minimum atomic E-state index is -4.37. The number of amides is 1. The van der Waals surface area contributed by atoms with Crippen LogP contribution in [0.5, 0.6) is 0 Å². The minimum absolute atomic E-state index is 0.0201. The van der Waals surface area contributed by atoms with Crippen LogP contribution in [0.15, 0.2) is 18.3 Å². The van der Waals surface area contributed by atoms with E-state index < -0.39 is 11.7 Å². The molecule has 26 heavy (non-hydrogen) atoms. The van der Waals surface area contributed by atoms with Crippen LogP contribution >= 0.6 is 0 Å². The van der Waals surface area contributed by atoms with E-state index in [1.807, 2.05) is 4.90 Å². The number of rotatable bonds is 6. The lowest BCUT2D eigenvalue weighted by Crippen LogP contribution is -2.39. The third kappa shape index (κ3) is 6.48. The Morgan fingerprint density at radius 2 is 2.00 bits per heavy atom. The van der Waals surface area contributed by atoms with Crippen LogP contribution in [-0.4, -0.2) is 55.1 Å². The van der Waals surface area contributed by atoms with Crippen molar-refractivity contribution >= 4 is 11.7 Å². The van der Waals surface area contributed by atoms with Crippen LogP contribution in [0.1, 0.15) is 32.3 Å². The topological polar surface area (TPSA) is 48.5 Å². The van der Waals surface area contributed by atoms with Gasteiger partial charge in [-0.25, -0.2) is 4.98 Å². The summed E-state index contributed by atoms with van der Waals surface area (Å²) in [7, 11) is 0. The van der Waals surface area contributed by atoms with Crippen LogP contribution in [0.3, 0.4) is 0 Å². The number of hydrogen-bond acceptors (Lipinski definition) is 4. The highest BCUT2D eigenvalue weighted by molar-refractivity contribution is 5.78. The Morgan fingerprint density at radius 3 is 2.62 bits per heavy atom. The monoisotopic (exact) mass is 372 g/mol. The minimum Gasteiger partial charge on any atom is -0.355 e. The van der Waals surface area contributed by atoms with Gasteiger partial charge in [-0.2, -0.15) is 13.2 Å². The summed E-state index contributed by atoms with van der Waals surface area (Å²) in [5, 5.41) is 2.93. The molecule has 1 aromatic heterocycles. The van der Waals surface area contributed by atoms with Gasteiger partial charge < -0.3 is 10.2 Å². The highest BCUT2D eigenvalue weighted by Crippen LogP contribution is 2.29. The SMILES string of the molecule is CC(C)CCNC(=O)CN1CCCN(c2ccc(C(F)(F)F)cn2)CC1. The van der Waals surface area contributed by atoms with Gasteiger partial charge in [-0.3, -0.25) is 9.69 Å². The van der Waals surface area contributed by atoms with E-state index in [9.17, 15) is 18.0 Å². The first-order valence-corrected chi connectivity index (χ1v) is 9.03. The number of alkyl halides is 3. The van der Waals surface area contributed by atoms with E-state index in [4.69, 9.17) is 0 Å². The van der Waals surface area contributed by atoms with Gasteiger partial charge in [-0.1, -0.05) is 13.8 Å². The maximum atomic E-state index is 12.6. The van der Waals surface area contributed by atoms with Crippen LogP contribution in [0, 0.1) is 5.92 Å². The molecule has 0 spiro atoms. The Hall–Kier alpha value is -1.83. The van der Waals surface area contributed by atoms with Crippen molar-refractivity contribution in [2.45, 2.75) is 32.9 Å². The molecule has 1 aliphatic rings. The van der Waals surface area contributed by atoms with Crippen molar-refractivity contribution in [2.75, 3.05) is 44.2 Å². The molecule has 8 heteroatoms.